The molecule has 0 heterocycles. The first kappa shape index (κ1) is 21.0. The molecule has 25 heavy (non-hydrogen) atoms. The molecule has 0 bridgehead atoms. The van der Waals surface area contributed by atoms with Crippen LogP contribution in [0, 0.1) is 0 Å². The second-order valence-corrected chi connectivity index (χ2v) is 7.18. The highest BCUT2D eigenvalue weighted by molar-refractivity contribution is 8.14. The fourth-order valence-corrected chi connectivity index (χ4v) is 2.31. The zero-order chi connectivity index (χ0) is 18.9. The smallest absolute Gasteiger partial charge is 0.408 e. The van der Waals surface area contributed by atoms with Gasteiger partial charge in [-0.1, -0.05) is 42.1 Å². The van der Waals surface area contributed by atoms with Crippen LogP contribution in [0.25, 0.3) is 0 Å². The number of nitrogens with one attached hydrogen (secondary N) is 1. The minimum absolute atomic E-state index is 0.0837. The molecular weight excluding hydrogens is 346 g/mol. The van der Waals surface area contributed by atoms with E-state index < -0.39 is 28.8 Å². The zero-order valence-corrected chi connectivity index (χ0v) is 15.3. The first-order valence-electron chi connectivity index (χ1n) is 7.67. The lowest BCUT2D eigenvalue weighted by Crippen LogP contribution is -2.45. The topological polar surface area (TPSA) is 102 Å². The van der Waals surface area contributed by atoms with Crippen molar-refractivity contribution >= 4 is 28.9 Å². The van der Waals surface area contributed by atoms with Crippen molar-refractivity contribution in [3.63, 3.8) is 0 Å². The van der Waals surface area contributed by atoms with Crippen LogP contribution in [0.5, 0.6) is 0 Å². The third kappa shape index (κ3) is 9.73. The van der Waals surface area contributed by atoms with Crippen molar-refractivity contribution in [2.75, 3.05) is 12.4 Å². The van der Waals surface area contributed by atoms with Crippen molar-refractivity contribution < 1.29 is 29.0 Å². The van der Waals surface area contributed by atoms with E-state index in [9.17, 15) is 14.4 Å². The summed E-state index contributed by atoms with van der Waals surface area (Å²) in [6.07, 6.45) is -0.759. The summed E-state index contributed by atoms with van der Waals surface area (Å²) in [5.41, 5.74) is 0.209. The van der Waals surface area contributed by atoms with E-state index in [2.05, 4.69) is 5.32 Å². The number of carboxylic acid groups (broad SMARTS) is 1. The summed E-state index contributed by atoms with van der Waals surface area (Å²) < 4.78 is 10.6. The second-order valence-electron chi connectivity index (χ2n) is 6.20. The Kier molecular flexibility index (Phi) is 8.44. The number of carbonyl (C=O) groups excluding carboxylic acids is 2. The van der Waals surface area contributed by atoms with Crippen molar-refractivity contribution in [2.45, 2.75) is 39.0 Å². The van der Waals surface area contributed by atoms with Crippen molar-refractivity contribution in [2.24, 2.45) is 0 Å². The van der Waals surface area contributed by atoms with Crippen LogP contribution >= 0.6 is 11.8 Å². The minimum atomic E-state index is -1.11. The third-order valence-electron chi connectivity index (χ3n) is 2.71. The fraction of sp³-hybridized carbons (Fsp3) is 0.471. The Hall–Kier alpha value is -2.06. The zero-order valence-electron chi connectivity index (χ0n) is 14.5. The van der Waals surface area contributed by atoms with Crippen LogP contribution < -0.4 is 5.32 Å². The maximum Gasteiger partial charge on any atom is 0.408 e. The number of alkyl carbamates (subject to hydrolysis) is 1. The number of ether oxygens (including phenoxy) is 2. The van der Waals surface area contributed by atoms with Gasteiger partial charge < -0.3 is 19.9 Å². The summed E-state index contributed by atoms with van der Waals surface area (Å²) in [5, 5.41) is 10.6. The van der Waals surface area contributed by atoms with Crippen LogP contribution in [-0.4, -0.2) is 46.3 Å². The number of thioether (sulfide) groups is 1. The van der Waals surface area contributed by atoms with Gasteiger partial charge in [0.05, 0.1) is 19.0 Å². The Morgan fingerprint density at radius 1 is 1.20 bits per heavy atom. The van der Waals surface area contributed by atoms with Gasteiger partial charge in [0.2, 0.25) is 5.12 Å². The summed E-state index contributed by atoms with van der Waals surface area (Å²) in [4.78, 5) is 34.6. The van der Waals surface area contributed by atoms with Crippen LogP contribution in [0.1, 0.15) is 26.3 Å². The number of carboxylic acids is 1. The molecule has 0 aromatic heterocycles. The van der Waals surface area contributed by atoms with Crippen LogP contribution in [0.3, 0.4) is 0 Å². The molecule has 7 nitrogen and oxygen atoms in total. The molecule has 0 saturated heterocycles. The van der Waals surface area contributed by atoms with Crippen molar-refractivity contribution in [1.82, 2.24) is 5.32 Å². The first-order chi connectivity index (χ1) is 11.7. The lowest BCUT2D eigenvalue weighted by molar-refractivity contribution is -0.134. The summed E-state index contributed by atoms with van der Waals surface area (Å²) in [7, 11) is 0. The monoisotopic (exact) mass is 369 g/mol. The standard InChI is InChI=1S/C17H23NO6S/c1-17(2,3)24-16(22)18-13(15(21)25-11-14(19)20)10-23-9-12-7-5-4-6-8-12/h4-8,13H,9-11H2,1-3H3,(H,18,22)(H,19,20)/t13-/m0/s1. The molecule has 1 amide bonds. The molecule has 1 atom stereocenters. The van der Waals surface area contributed by atoms with E-state index in [1.165, 1.54) is 0 Å². The fourth-order valence-electron chi connectivity index (χ4n) is 1.72. The predicted molar refractivity (Wildman–Crippen MR) is 94.4 cm³/mol. The van der Waals surface area contributed by atoms with Crippen molar-refractivity contribution in [3.05, 3.63) is 35.9 Å². The quantitative estimate of drug-likeness (QED) is 0.725. The number of hydrogen-bond donors (Lipinski definition) is 2. The first-order valence-corrected chi connectivity index (χ1v) is 8.65. The highest BCUT2D eigenvalue weighted by atomic mass is 32.2. The average Bonchev–Trinajstić information content (AvgIpc) is 2.51. The van der Waals surface area contributed by atoms with Crippen LogP contribution in [-0.2, 0) is 25.7 Å². The Morgan fingerprint density at radius 2 is 1.84 bits per heavy atom. The highest BCUT2D eigenvalue weighted by Gasteiger charge is 2.25. The molecule has 8 heteroatoms. The predicted octanol–water partition coefficient (Wildman–Crippen LogP) is 2.44. The Bertz CT molecular complexity index is 585. The summed E-state index contributed by atoms with van der Waals surface area (Å²) >= 11 is 0.610. The SMILES string of the molecule is CC(C)(C)OC(=O)N[C@@H](COCc1ccccc1)C(=O)SCC(=O)O. The molecule has 0 aliphatic rings. The lowest BCUT2D eigenvalue weighted by Gasteiger charge is -2.22. The van der Waals surface area contributed by atoms with Crippen molar-refractivity contribution in [3.8, 4) is 0 Å². The summed E-state index contributed by atoms with van der Waals surface area (Å²) in [5.74, 6) is -1.50. The van der Waals surface area contributed by atoms with Gasteiger partial charge in [0.15, 0.2) is 0 Å². The number of rotatable bonds is 8. The molecule has 2 N–H and O–H groups in total. The van der Waals surface area contributed by atoms with Gasteiger partial charge in [0.1, 0.15) is 11.6 Å². The molecule has 1 aromatic carbocycles. The second kappa shape index (κ2) is 10.0. The van der Waals surface area contributed by atoms with Gasteiger partial charge in [-0.05, 0) is 26.3 Å². The maximum atomic E-state index is 12.1. The van der Waals surface area contributed by atoms with E-state index in [1.54, 1.807) is 20.8 Å². The van der Waals surface area contributed by atoms with Gasteiger partial charge in [-0.15, -0.1) is 0 Å². The van der Waals surface area contributed by atoms with Gasteiger partial charge in [-0.25, -0.2) is 4.79 Å². The number of amides is 1. The molecule has 0 saturated carbocycles. The highest BCUT2D eigenvalue weighted by Crippen LogP contribution is 2.11. The molecule has 1 rings (SSSR count). The van der Waals surface area contributed by atoms with E-state index in [0.29, 0.717) is 11.8 Å². The van der Waals surface area contributed by atoms with E-state index in [0.717, 1.165) is 5.56 Å². The number of aliphatic carboxylic acids is 1. The van der Waals surface area contributed by atoms with E-state index >= 15 is 0 Å². The molecule has 0 spiro atoms. The van der Waals surface area contributed by atoms with Gasteiger partial charge in [0, 0.05) is 0 Å². The van der Waals surface area contributed by atoms with Crippen LogP contribution in [0.2, 0.25) is 0 Å². The van der Waals surface area contributed by atoms with Crippen LogP contribution in [0.15, 0.2) is 30.3 Å². The third-order valence-corrected chi connectivity index (χ3v) is 3.67. The molecular formula is C17H23NO6S. The largest absolute Gasteiger partial charge is 0.481 e. The summed E-state index contributed by atoms with van der Waals surface area (Å²) in [6.45, 7) is 5.29. The van der Waals surface area contributed by atoms with Gasteiger partial charge in [-0.3, -0.25) is 9.59 Å². The molecule has 138 valence electrons. The Morgan fingerprint density at radius 3 is 2.40 bits per heavy atom. The molecule has 0 radical (unpaired) electrons. The minimum Gasteiger partial charge on any atom is -0.481 e. The molecule has 1 aromatic rings. The van der Waals surface area contributed by atoms with Gasteiger partial charge in [0.25, 0.3) is 0 Å². The Balaban J connectivity index is 2.61. The van der Waals surface area contributed by atoms with Crippen molar-refractivity contribution in [1.29, 1.82) is 0 Å². The molecule has 0 aliphatic heterocycles. The molecule has 0 unspecified atom stereocenters. The number of benzene rings is 1. The number of carbonyl (C=O) groups is 3. The van der Waals surface area contributed by atoms with Crippen LogP contribution in [0.4, 0.5) is 4.79 Å². The number of hydrogen-bond acceptors (Lipinski definition) is 6. The lowest BCUT2D eigenvalue weighted by atomic mass is 10.2. The normalized spacial score (nSPS) is 12.3. The molecule has 0 aliphatic carbocycles. The molecule has 0 fully saturated rings. The average molecular weight is 369 g/mol. The Labute approximate surface area is 151 Å². The van der Waals surface area contributed by atoms with E-state index in [4.69, 9.17) is 14.6 Å². The summed E-state index contributed by atoms with van der Waals surface area (Å²) in [6, 6.07) is 8.35. The van der Waals surface area contributed by atoms with Gasteiger partial charge in [-0.2, -0.15) is 0 Å². The van der Waals surface area contributed by atoms with E-state index in [-0.39, 0.29) is 19.0 Å². The van der Waals surface area contributed by atoms with E-state index in [1.807, 2.05) is 30.3 Å². The van der Waals surface area contributed by atoms with Gasteiger partial charge >= 0.3 is 12.1 Å². The maximum absolute atomic E-state index is 12.1.